The Morgan fingerprint density at radius 2 is 0.644 bits per heavy atom. The van der Waals surface area contributed by atoms with E-state index in [1.165, 1.54) is 125 Å². The highest BCUT2D eigenvalue weighted by atomic mass is 14.0. The van der Waals surface area contributed by atoms with Gasteiger partial charge in [-0.2, -0.15) is 0 Å². The molecule has 0 atom stereocenters. The second-order valence-electron chi connectivity index (χ2n) is 12.0. The Labute approximate surface area is 284 Å². The van der Waals surface area contributed by atoms with E-state index >= 15 is 0 Å². The third kappa shape index (κ3) is 27.7. The summed E-state index contributed by atoms with van der Waals surface area (Å²) < 4.78 is 0. The van der Waals surface area contributed by atoms with E-state index in [2.05, 4.69) is 142 Å². The van der Waals surface area contributed by atoms with E-state index in [-0.39, 0.29) is 7.43 Å². The van der Waals surface area contributed by atoms with Crippen molar-refractivity contribution in [1.29, 1.82) is 0 Å². The van der Waals surface area contributed by atoms with Gasteiger partial charge in [-0.15, -0.1) is 0 Å². The van der Waals surface area contributed by atoms with Gasteiger partial charge in [0, 0.05) is 0 Å². The Hall–Kier alpha value is -2.34. The maximum absolute atomic E-state index is 2.34. The summed E-state index contributed by atoms with van der Waals surface area (Å²) in [6.45, 7) is 22.1. The van der Waals surface area contributed by atoms with Crippen LogP contribution >= 0.6 is 0 Å². The Balaban J connectivity index is -0.000000520. The molecule has 0 amide bonds. The van der Waals surface area contributed by atoms with E-state index in [1.54, 1.807) is 11.1 Å². The van der Waals surface area contributed by atoms with Crippen LogP contribution in [0.5, 0.6) is 0 Å². The molecule has 0 N–H and O–H groups in total. The van der Waals surface area contributed by atoms with Crippen LogP contribution < -0.4 is 0 Å². The second kappa shape index (κ2) is 36.1. The molecule has 0 aliphatic carbocycles. The predicted octanol–water partition coefficient (Wildman–Crippen LogP) is 15.0. The van der Waals surface area contributed by atoms with Crippen molar-refractivity contribution in [3.05, 3.63) is 106 Å². The lowest BCUT2D eigenvalue weighted by molar-refractivity contribution is 0.772. The van der Waals surface area contributed by atoms with Gasteiger partial charge < -0.3 is 0 Å². The van der Waals surface area contributed by atoms with E-state index in [0.29, 0.717) is 0 Å². The molecule has 0 bridgehead atoms. The van der Waals surface area contributed by atoms with E-state index in [9.17, 15) is 0 Å². The van der Waals surface area contributed by atoms with Gasteiger partial charge >= 0.3 is 0 Å². The van der Waals surface area contributed by atoms with Gasteiger partial charge in [0.25, 0.3) is 0 Å². The summed E-state index contributed by atoms with van der Waals surface area (Å²) in [5.74, 6) is 0. The molecule has 3 aromatic rings. The maximum Gasteiger partial charge on any atom is -0.0279 e. The quantitative estimate of drug-likeness (QED) is 0.169. The molecule has 45 heavy (non-hydrogen) atoms. The molecule has 0 aromatic heterocycles. The summed E-state index contributed by atoms with van der Waals surface area (Å²) in [6.07, 6.45) is 20.1. The van der Waals surface area contributed by atoms with Crippen molar-refractivity contribution >= 4 is 0 Å². The first-order valence-electron chi connectivity index (χ1n) is 18.7. The van der Waals surface area contributed by atoms with Crippen molar-refractivity contribution in [2.75, 3.05) is 0 Å². The van der Waals surface area contributed by atoms with Gasteiger partial charge in [0.05, 0.1) is 0 Å². The zero-order chi connectivity index (χ0) is 33.3. The number of hydrogen-bond donors (Lipinski definition) is 0. The lowest BCUT2D eigenvalue weighted by atomic mass is 10.00. The minimum atomic E-state index is 0. The highest BCUT2D eigenvalue weighted by molar-refractivity contribution is 5.27. The summed E-state index contributed by atoms with van der Waals surface area (Å²) in [7, 11) is 0. The lowest BCUT2D eigenvalue weighted by Crippen LogP contribution is -1.92. The molecule has 258 valence electrons. The Morgan fingerprint density at radius 1 is 0.333 bits per heavy atom. The van der Waals surface area contributed by atoms with Gasteiger partial charge in [-0.3, -0.25) is 0 Å². The smallest absolute Gasteiger partial charge is 0.0279 e. The van der Waals surface area contributed by atoms with E-state index < -0.39 is 0 Å². The average Bonchev–Trinajstić information content (AvgIpc) is 3.02. The zero-order valence-corrected chi connectivity index (χ0v) is 31.2. The van der Waals surface area contributed by atoms with Crippen LogP contribution in [0.4, 0.5) is 0 Å². The fraction of sp³-hybridized carbons (Fsp3) is 0.600. The summed E-state index contributed by atoms with van der Waals surface area (Å²) in [6, 6.07) is 26.8. The largest absolute Gasteiger partial charge is 0.0776 e. The van der Waals surface area contributed by atoms with E-state index in [0.717, 1.165) is 0 Å². The van der Waals surface area contributed by atoms with Crippen LogP contribution in [-0.2, 0) is 38.5 Å². The first-order chi connectivity index (χ1) is 21.4. The maximum atomic E-state index is 2.34. The van der Waals surface area contributed by atoms with Crippen LogP contribution in [0.3, 0.4) is 0 Å². The van der Waals surface area contributed by atoms with Crippen molar-refractivity contribution in [2.45, 2.75) is 179 Å². The molecule has 0 unspecified atom stereocenters. The Morgan fingerprint density at radius 3 is 0.911 bits per heavy atom. The van der Waals surface area contributed by atoms with Gasteiger partial charge in [-0.25, -0.2) is 0 Å². The SMILES string of the molecule is C.CCC.CCCCC.CCCc1ccc(CCC)cc1.CCCc1cccc(CCC)c1.CCCc1ccccc1CCC. The lowest BCUT2D eigenvalue weighted by Gasteiger charge is -2.06. The average molecular weight is 619 g/mol. The van der Waals surface area contributed by atoms with Gasteiger partial charge in [-0.1, -0.05) is 214 Å². The zero-order valence-electron chi connectivity index (χ0n) is 31.2. The first kappa shape index (κ1) is 47.1. The third-order valence-corrected chi connectivity index (χ3v) is 7.03. The van der Waals surface area contributed by atoms with E-state index in [4.69, 9.17) is 0 Å². The van der Waals surface area contributed by atoms with Crippen LogP contribution in [0.25, 0.3) is 0 Å². The van der Waals surface area contributed by atoms with Crippen LogP contribution in [-0.4, -0.2) is 0 Å². The Bertz CT molecular complexity index is 892. The van der Waals surface area contributed by atoms with Gasteiger partial charge in [-0.05, 0) is 71.9 Å². The molecule has 0 nitrogen and oxygen atoms in total. The number of benzene rings is 3. The summed E-state index contributed by atoms with van der Waals surface area (Å²) in [5.41, 5.74) is 9.00. The van der Waals surface area contributed by atoms with Crippen LogP contribution in [0, 0.1) is 0 Å². The predicted molar refractivity (Wildman–Crippen MR) is 211 cm³/mol. The van der Waals surface area contributed by atoms with E-state index in [1.807, 2.05) is 0 Å². The molecule has 3 aromatic carbocycles. The summed E-state index contributed by atoms with van der Waals surface area (Å²) in [5, 5.41) is 0. The molecular weight excluding hydrogens is 540 g/mol. The Kier molecular flexibility index (Phi) is 37.8. The topological polar surface area (TPSA) is 0 Å². The second-order valence-corrected chi connectivity index (χ2v) is 12.0. The van der Waals surface area contributed by atoms with Gasteiger partial charge in [0.2, 0.25) is 0 Å². The van der Waals surface area contributed by atoms with Gasteiger partial charge in [0.15, 0.2) is 0 Å². The standard InChI is InChI=1S/3C12H18.C5H12.C3H8.CH4/c1-3-7-11-9-5-6-10-12(11)8-4-2;1-3-6-11-8-5-9-12(10-11)7-4-2;1-3-5-11-7-9-12(6-4-2)10-8-11;1-3-5-4-2;1-3-2;/h5-6,9-10H,3-4,7-8H2,1-2H3;5,8-10H,3-4,6-7H2,1-2H3;7-10H,3-6H2,1-2H3;3-5H2,1-2H3;3H2,1-2H3;1H4. The molecule has 0 saturated carbocycles. The number of aryl methyl sites for hydroxylation is 6. The highest BCUT2D eigenvalue weighted by Gasteiger charge is 1.98. The number of rotatable bonds is 14. The first-order valence-corrected chi connectivity index (χ1v) is 18.7. The fourth-order valence-corrected chi connectivity index (χ4v) is 4.91. The molecule has 3 rings (SSSR count). The number of hydrogen-bond acceptors (Lipinski definition) is 0. The molecular formula is C45H78. The monoisotopic (exact) mass is 619 g/mol. The molecule has 0 radical (unpaired) electrons. The minimum absolute atomic E-state index is 0. The molecule has 0 heteroatoms. The molecule has 0 fully saturated rings. The molecule has 0 aliphatic heterocycles. The molecule has 0 heterocycles. The van der Waals surface area contributed by atoms with Crippen molar-refractivity contribution in [3.8, 4) is 0 Å². The molecule has 0 aliphatic rings. The van der Waals surface area contributed by atoms with Crippen LogP contribution in [0.1, 0.15) is 174 Å². The van der Waals surface area contributed by atoms with Crippen molar-refractivity contribution in [2.24, 2.45) is 0 Å². The summed E-state index contributed by atoms with van der Waals surface area (Å²) in [4.78, 5) is 0. The number of unbranched alkanes of at least 4 members (excludes halogenated alkanes) is 2. The molecule has 0 spiro atoms. The van der Waals surface area contributed by atoms with Crippen molar-refractivity contribution in [1.82, 2.24) is 0 Å². The van der Waals surface area contributed by atoms with Crippen molar-refractivity contribution < 1.29 is 0 Å². The van der Waals surface area contributed by atoms with Crippen molar-refractivity contribution in [3.63, 3.8) is 0 Å². The summed E-state index contributed by atoms with van der Waals surface area (Å²) >= 11 is 0. The van der Waals surface area contributed by atoms with Crippen LogP contribution in [0.15, 0.2) is 72.8 Å². The third-order valence-electron chi connectivity index (χ3n) is 7.03. The van der Waals surface area contributed by atoms with Gasteiger partial charge in [0.1, 0.15) is 0 Å². The fourth-order valence-electron chi connectivity index (χ4n) is 4.91. The molecule has 0 saturated heterocycles. The van der Waals surface area contributed by atoms with Crippen LogP contribution in [0.2, 0.25) is 0 Å². The minimum Gasteiger partial charge on any atom is -0.0776 e. The normalized spacial score (nSPS) is 9.47. The highest BCUT2D eigenvalue weighted by Crippen LogP contribution is 2.13.